The lowest BCUT2D eigenvalue weighted by atomic mass is 10.2. The van der Waals surface area contributed by atoms with Crippen molar-refractivity contribution >= 4 is 29.0 Å². The van der Waals surface area contributed by atoms with E-state index in [-0.39, 0.29) is 12.5 Å². The van der Waals surface area contributed by atoms with Crippen LogP contribution in [0.2, 0.25) is 0 Å². The number of carbonyl (C=O) groups is 1. The van der Waals surface area contributed by atoms with Gasteiger partial charge in [0.2, 0.25) is 0 Å². The van der Waals surface area contributed by atoms with E-state index in [0.29, 0.717) is 10.5 Å². The highest BCUT2D eigenvalue weighted by atomic mass is 32.2. The van der Waals surface area contributed by atoms with Crippen molar-refractivity contribution in [3.8, 4) is 11.8 Å². The third-order valence-electron chi connectivity index (χ3n) is 3.12. The summed E-state index contributed by atoms with van der Waals surface area (Å²) in [4.78, 5) is 16.1. The number of rotatable bonds is 1. The van der Waals surface area contributed by atoms with E-state index in [4.69, 9.17) is 5.11 Å². The van der Waals surface area contributed by atoms with E-state index < -0.39 is 0 Å². The summed E-state index contributed by atoms with van der Waals surface area (Å²) in [5.41, 5.74) is 1.01. The summed E-state index contributed by atoms with van der Waals surface area (Å²) < 4.78 is 0. The molecule has 3 nitrogen and oxygen atoms in total. The molecular weight excluding hydrogens is 290 g/mol. The van der Waals surface area contributed by atoms with Crippen LogP contribution in [0.4, 0.5) is 0 Å². The molecule has 1 aromatic heterocycles. The average molecular weight is 309 g/mol. The van der Waals surface area contributed by atoms with E-state index >= 15 is 0 Å². The Morgan fingerprint density at radius 3 is 2.70 bits per heavy atom. The quantitative estimate of drug-likeness (QED) is 0.810. The summed E-state index contributed by atoms with van der Waals surface area (Å²) >= 11 is 3.36. The Balaban J connectivity index is 2.17. The van der Waals surface area contributed by atoms with Crippen molar-refractivity contribution in [2.75, 3.05) is 19.7 Å². The molecule has 0 aliphatic carbocycles. The van der Waals surface area contributed by atoms with Gasteiger partial charge in [0.25, 0.3) is 5.91 Å². The molecule has 1 aliphatic rings. The van der Waals surface area contributed by atoms with Gasteiger partial charge < -0.3 is 10.0 Å². The molecule has 0 saturated carbocycles. The van der Waals surface area contributed by atoms with Gasteiger partial charge in [-0.3, -0.25) is 4.79 Å². The van der Waals surface area contributed by atoms with Gasteiger partial charge in [-0.25, -0.2) is 0 Å². The number of nitrogens with zero attached hydrogens (tertiary/aromatic N) is 1. The Bertz CT molecular complexity index is 546. The van der Waals surface area contributed by atoms with Gasteiger partial charge in [-0.15, -0.1) is 11.3 Å². The molecule has 0 radical (unpaired) electrons. The van der Waals surface area contributed by atoms with Crippen molar-refractivity contribution in [2.24, 2.45) is 0 Å². The number of aliphatic hydroxyl groups excluding tert-OH is 1. The normalized spacial score (nSPS) is 22.3. The molecule has 0 aromatic carbocycles. The first kappa shape index (κ1) is 15.4. The second-order valence-electron chi connectivity index (χ2n) is 5.05. The van der Waals surface area contributed by atoms with Gasteiger partial charge in [0.15, 0.2) is 0 Å². The number of thiophene rings is 1. The number of amides is 1. The van der Waals surface area contributed by atoms with Gasteiger partial charge in [-0.1, -0.05) is 25.7 Å². The minimum atomic E-state index is -0.154. The molecule has 108 valence electrons. The molecule has 1 aliphatic heterocycles. The highest BCUT2D eigenvalue weighted by molar-refractivity contribution is 8.00. The minimum absolute atomic E-state index is 0.106. The number of aliphatic hydroxyl groups is 1. The highest BCUT2D eigenvalue weighted by Crippen LogP contribution is 2.28. The van der Waals surface area contributed by atoms with Crippen molar-refractivity contribution in [3.63, 3.8) is 0 Å². The number of carbonyl (C=O) groups excluding carboxylic acids is 1. The second kappa shape index (κ2) is 6.66. The zero-order valence-corrected chi connectivity index (χ0v) is 13.6. The van der Waals surface area contributed by atoms with Gasteiger partial charge in [0.05, 0.1) is 9.75 Å². The maximum atomic E-state index is 12.6. The molecule has 1 aromatic rings. The van der Waals surface area contributed by atoms with Gasteiger partial charge in [0.1, 0.15) is 6.61 Å². The van der Waals surface area contributed by atoms with Crippen LogP contribution in [-0.4, -0.2) is 46.1 Å². The Hall–Kier alpha value is -0.960. The maximum Gasteiger partial charge on any atom is 0.264 e. The number of thioether (sulfide) groups is 1. The van der Waals surface area contributed by atoms with Crippen LogP contribution in [0.5, 0.6) is 0 Å². The van der Waals surface area contributed by atoms with Crippen molar-refractivity contribution in [2.45, 2.75) is 31.3 Å². The van der Waals surface area contributed by atoms with E-state index in [1.165, 1.54) is 11.3 Å². The van der Waals surface area contributed by atoms with E-state index in [9.17, 15) is 4.79 Å². The smallest absolute Gasteiger partial charge is 0.264 e. The van der Waals surface area contributed by atoms with Crippen molar-refractivity contribution in [1.29, 1.82) is 0 Å². The van der Waals surface area contributed by atoms with Gasteiger partial charge in [-0.2, -0.15) is 11.8 Å². The Kier molecular flexibility index (Phi) is 5.14. The molecule has 2 atom stereocenters. The summed E-state index contributed by atoms with van der Waals surface area (Å²) in [5, 5.41) is 9.72. The Morgan fingerprint density at radius 1 is 1.45 bits per heavy atom. The lowest BCUT2D eigenvalue weighted by Gasteiger charge is -2.34. The highest BCUT2D eigenvalue weighted by Gasteiger charge is 2.27. The van der Waals surface area contributed by atoms with Gasteiger partial charge in [-0.05, 0) is 18.6 Å². The van der Waals surface area contributed by atoms with Crippen LogP contribution in [0, 0.1) is 18.8 Å². The fraction of sp³-hybridized carbons (Fsp3) is 0.533. The zero-order chi connectivity index (χ0) is 14.7. The third-order valence-corrected chi connectivity index (χ3v) is 5.48. The molecule has 5 heteroatoms. The van der Waals surface area contributed by atoms with E-state index in [0.717, 1.165) is 28.4 Å². The molecule has 1 N–H and O–H groups in total. The summed E-state index contributed by atoms with van der Waals surface area (Å²) in [6, 6.07) is 1.91. The molecule has 2 unspecified atom stereocenters. The van der Waals surface area contributed by atoms with E-state index in [1.807, 2.05) is 29.7 Å². The first-order valence-corrected chi connectivity index (χ1v) is 8.42. The summed E-state index contributed by atoms with van der Waals surface area (Å²) in [7, 11) is 0. The fourth-order valence-corrected chi connectivity index (χ4v) is 4.67. The molecular formula is C15H19NO2S2. The SMILES string of the molecule is Cc1cc(C(=O)N2CC(C)SC(C)C2)sc1C#CCO. The molecule has 20 heavy (non-hydrogen) atoms. The van der Waals surface area contributed by atoms with Crippen LogP contribution in [0.3, 0.4) is 0 Å². The largest absolute Gasteiger partial charge is 0.384 e. The third kappa shape index (κ3) is 3.57. The second-order valence-corrected chi connectivity index (χ2v) is 7.98. The van der Waals surface area contributed by atoms with Crippen LogP contribution in [0.15, 0.2) is 6.07 Å². The van der Waals surface area contributed by atoms with Crippen LogP contribution in [0.25, 0.3) is 0 Å². The lowest BCUT2D eigenvalue weighted by Crippen LogP contribution is -2.43. The number of hydrogen-bond acceptors (Lipinski definition) is 4. The lowest BCUT2D eigenvalue weighted by molar-refractivity contribution is 0.0758. The predicted octanol–water partition coefficient (Wildman–Crippen LogP) is 2.37. The minimum Gasteiger partial charge on any atom is -0.384 e. The van der Waals surface area contributed by atoms with E-state index in [2.05, 4.69) is 25.7 Å². The van der Waals surface area contributed by atoms with Crippen molar-refractivity contribution in [3.05, 3.63) is 21.4 Å². The molecule has 1 fully saturated rings. The first-order valence-electron chi connectivity index (χ1n) is 6.66. The summed E-state index contributed by atoms with van der Waals surface area (Å²) in [6.45, 7) is 7.74. The Labute approximate surface area is 128 Å². The standard InChI is InChI=1S/C15H19NO2S2/c1-10-7-14(20-13(10)5-4-6-17)15(18)16-8-11(2)19-12(3)9-16/h7,11-12,17H,6,8-9H2,1-3H3. The van der Waals surface area contributed by atoms with Crippen LogP contribution in [-0.2, 0) is 0 Å². The molecule has 0 spiro atoms. The Morgan fingerprint density at radius 2 is 2.10 bits per heavy atom. The first-order chi connectivity index (χ1) is 9.51. The van der Waals surface area contributed by atoms with Crippen LogP contribution in [0.1, 0.15) is 34.0 Å². The fourth-order valence-electron chi connectivity index (χ4n) is 2.33. The topological polar surface area (TPSA) is 40.5 Å². The molecule has 2 rings (SSSR count). The van der Waals surface area contributed by atoms with Gasteiger partial charge in [0, 0.05) is 23.6 Å². The van der Waals surface area contributed by atoms with E-state index in [1.54, 1.807) is 0 Å². The molecule has 1 amide bonds. The monoisotopic (exact) mass is 309 g/mol. The zero-order valence-electron chi connectivity index (χ0n) is 12.0. The number of hydrogen-bond donors (Lipinski definition) is 1. The molecule has 0 bridgehead atoms. The summed E-state index contributed by atoms with van der Waals surface area (Å²) in [5.74, 6) is 5.65. The van der Waals surface area contributed by atoms with Crippen molar-refractivity contribution in [1.82, 2.24) is 4.90 Å². The maximum absolute atomic E-state index is 12.6. The summed E-state index contributed by atoms with van der Waals surface area (Å²) in [6.07, 6.45) is 0. The predicted molar refractivity (Wildman–Crippen MR) is 85.4 cm³/mol. The van der Waals surface area contributed by atoms with Crippen LogP contribution >= 0.6 is 23.1 Å². The average Bonchev–Trinajstić information content (AvgIpc) is 2.75. The molecule has 2 heterocycles. The number of aryl methyl sites for hydroxylation is 1. The van der Waals surface area contributed by atoms with Crippen molar-refractivity contribution < 1.29 is 9.90 Å². The molecule has 1 saturated heterocycles. The van der Waals surface area contributed by atoms with Crippen LogP contribution < -0.4 is 0 Å². The van der Waals surface area contributed by atoms with Gasteiger partial charge >= 0.3 is 0 Å².